The van der Waals surface area contributed by atoms with Crippen molar-refractivity contribution in [3.8, 4) is 10.6 Å². The van der Waals surface area contributed by atoms with Gasteiger partial charge in [0.15, 0.2) is 0 Å². The zero-order valence-electron chi connectivity index (χ0n) is 12.4. The van der Waals surface area contributed by atoms with Gasteiger partial charge >= 0.3 is 0 Å². The highest BCUT2D eigenvalue weighted by atomic mass is 32.1. The zero-order valence-corrected chi connectivity index (χ0v) is 13.2. The molecule has 2 aromatic heterocycles. The second kappa shape index (κ2) is 6.15. The Bertz CT molecular complexity index is 771. The fraction of sp³-hybridized carbons (Fsp3) is 0.176. The predicted octanol–water partition coefficient (Wildman–Crippen LogP) is 3.95. The Balaban J connectivity index is 1.77. The molecule has 112 valence electrons. The monoisotopic (exact) mass is 312 g/mol. The van der Waals surface area contributed by atoms with Gasteiger partial charge in [-0.1, -0.05) is 12.1 Å². The lowest BCUT2D eigenvalue weighted by Gasteiger charge is -2.05. The topological polar surface area (TPSA) is 55.1 Å². The largest absolute Gasteiger partial charge is 0.467 e. The highest BCUT2D eigenvalue weighted by Gasteiger charge is 2.10. The fourth-order valence-corrected chi connectivity index (χ4v) is 2.98. The molecule has 0 aliphatic carbocycles. The first-order valence-electron chi connectivity index (χ1n) is 6.98. The Morgan fingerprint density at radius 3 is 2.82 bits per heavy atom. The number of benzene rings is 1. The lowest BCUT2D eigenvalue weighted by Crippen LogP contribution is -2.22. The van der Waals surface area contributed by atoms with Crippen LogP contribution in [0.5, 0.6) is 0 Å². The first-order chi connectivity index (χ1) is 10.6. The van der Waals surface area contributed by atoms with E-state index in [0.717, 1.165) is 22.0 Å². The Hall–Kier alpha value is -2.40. The third kappa shape index (κ3) is 3.09. The summed E-state index contributed by atoms with van der Waals surface area (Å²) in [5.41, 5.74) is 2.62. The van der Waals surface area contributed by atoms with E-state index in [1.54, 1.807) is 29.7 Å². The van der Waals surface area contributed by atoms with Crippen molar-refractivity contribution in [1.82, 2.24) is 10.3 Å². The molecule has 0 fully saturated rings. The van der Waals surface area contributed by atoms with E-state index in [2.05, 4.69) is 17.2 Å². The molecule has 1 N–H and O–H groups in total. The molecule has 2 heterocycles. The summed E-state index contributed by atoms with van der Waals surface area (Å²) < 4.78 is 5.21. The number of thiazole rings is 1. The van der Waals surface area contributed by atoms with E-state index in [4.69, 9.17) is 4.42 Å². The third-order valence-corrected chi connectivity index (χ3v) is 4.53. The van der Waals surface area contributed by atoms with Crippen molar-refractivity contribution in [3.05, 3.63) is 64.6 Å². The second-order valence-corrected chi connectivity index (χ2v) is 6.21. The quantitative estimate of drug-likeness (QED) is 0.793. The van der Waals surface area contributed by atoms with Crippen LogP contribution in [0.4, 0.5) is 0 Å². The van der Waals surface area contributed by atoms with Crippen LogP contribution >= 0.6 is 11.3 Å². The number of amides is 1. The summed E-state index contributed by atoms with van der Waals surface area (Å²) in [5.74, 6) is 0.610. The van der Waals surface area contributed by atoms with E-state index in [9.17, 15) is 4.79 Å². The van der Waals surface area contributed by atoms with Gasteiger partial charge in [-0.2, -0.15) is 0 Å². The summed E-state index contributed by atoms with van der Waals surface area (Å²) in [6.07, 6.45) is 1.59. The number of aromatic nitrogens is 1. The van der Waals surface area contributed by atoms with Gasteiger partial charge < -0.3 is 9.73 Å². The van der Waals surface area contributed by atoms with Gasteiger partial charge in [0.25, 0.3) is 5.91 Å². The molecule has 0 saturated carbocycles. The normalized spacial score (nSPS) is 10.6. The summed E-state index contributed by atoms with van der Waals surface area (Å²) in [4.78, 5) is 18.0. The zero-order chi connectivity index (χ0) is 15.5. The minimum Gasteiger partial charge on any atom is -0.467 e. The molecule has 0 aliphatic rings. The van der Waals surface area contributed by atoms with Crippen LogP contribution in [0.25, 0.3) is 10.6 Å². The molecule has 1 amide bonds. The molecule has 1 aromatic carbocycles. The third-order valence-electron chi connectivity index (χ3n) is 3.40. The smallest absolute Gasteiger partial charge is 0.251 e. The maximum absolute atomic E-state index is 12.2. The lowest BCUT2D eigenvalue weighted by molar-refractivity contribution is 0.0948. The molecular weight excluding hydrogens is 296 g/mol. The average molecular weight is 312 g/mol. The number of hydrogen-bond donors (Lipinski definition) is 1. The maximum Gasteiger partial charge on any atom is 0.251 e. The highest BCUT2D eigenvalue weighted by Crippen LogP contribution is 2.27. The summed E-state index contributed by atoms with van der Waals surface area (Å²) in [6, 6.07) is 11.2. The molecule has 4 nitrogen and oxygen atoms in total. The number of nitrogens with zero attached hydrogens (tertiary/aromatic N) is 1. The Morgan fingerprint density at radius 1 is 1.27 bits per heavy atom. The SMILES string of the molecule is Cc1nc(-c2cccc(C(=O)NCc3ccco3)c2)sc1C. The standard InChI is InChI=1S/C17H16N2O2S/c1-11-12(2)22-17(19-11)14-6-3-5-13(9-14)16(20)18-10-15-7-4-8-21-15/h3-9H,10H2,1-2H3,(H,18,20). The van der Waals surface area contributed by atoms with Crippen molar-refractivity contribution in [2.75, 3.05) is 0 Å². The second-order valence-electron chi connectivity index (χ2n) is 5.00. The molecule has 22 heavy (non-hydrogen) atoms. The van der Waals surface area contributed by atoms with Crippen molar-refractivity contribution in [2.45, 2.75) is 20.4 Å². The van der Waals surface area contributed by atoms with Crippen LogP contribution in [0.15, 0.2) is 47.1 Å². The Labute approximate surface area is 132 Å². The van der Waals surface area contributed by atoms with Gasteiger partial charge in [0, 0.05) is 16.0 Å². The number of nitrogens with one attached hydrogen (secondary N) is 1. The average Bonchev–Trinajstić information content (AvgIpc) is 3.16. The van der Waals surface area contributed by atoms with Crippen molar-refractivity contribution in [2.24, 2.45) is 0 Å². The van der Waals surface area contributed by atoms with Crippen molar-refractivity contribution in [3.63, 3.8) is 0 Å². The van der Waals surface area contributed by atoms with E-state index in [-0.39, 0.29) is 5.91 Å². The van der Waals surface area contributed by atoms with Crippen LogP contribution in [0.1, 0.15) is 26.7 Å². The van der Waals surface area contributed by atoms with Gasteiger partial charge in [0.05, 0.1) is 18.5 Å². The molecule has 0 aliphatic heterocycles. The van der Waals surface area contributed by atoms with E-state index in [1.165, 1.54) is 4.88 Å². The fourth-order valence-electron chi connectivity index (χ4n) is 2.07. The number of aryl methyl sites for hydroxylation is 2. The summed E-state index contributed by atoms with van der Waals surface area (Å²) in [7, 11) is 0. The van der Waals surface area contributed by atoms with Crippen LogP contribution in [0, 0.1) is 13.8 Å². The number of furan rings is 1. The molecule has 0 spiro atoms. The van der Waals surface area contributed by atoms with Crippen molar-refractivity contribution < 1.29 is 9.21 Å². The number of carbonyl (C=O) groups excluding carboxylic acids is 1. The van der Waals surface area contributed by atoms with E-state index >= 15 is 0 Å². The molecule has 0 atom stereocenters. The van der Waals surface area contributed by atoms with Crippen molar-refractivity contribution in [1.29, 1.82) is 0 Å². The highest BCUT2D eigenvalue weighted by molar-refractivity contribution is 7.15. The van der Waals surface area contributed by atoms with Gasteiger partial charge in [-0.15, -0.1) is 11.3 Å². The van der Waals surface area contributed by atoms with Crippen LogP contribution < -0.4 is 5.32 Å². The molecule has 0 radical (unpaired) electrons. The molecule has 3 rings (SSSR count). The van der Waals surface area contributed by atoms with Gasteiger partial charge in [0.2, 0.25) is 0 Å². The minimum absolute atomic E-state index is 0.122. The van der Waals surface area contributed by atoms with Gasteiger partial charge in [-0.05, 0) is 38.1 Å². The van der Waals surface area contributed by atoms with E-state index in [1.807, 2.05) is 31.2 Å². The van der Waals surface area contributed by atoms with E-state index in [0.29, 0.717) is 12.1 Å². The van der Waals surface area contributed by atoms with Crippen LogP contribution in [0.2, 0.25) is 0 Å². The molecule has 0 saturated heterocycles. The summed E-state index contributed by atoms with van der Waals surface area (Å²) in [6.45, 7) is 4.43. The van der Waals surface area contributed by atoms with E-state index < -0.39 is 0 Å². The Kier molecular flexibility index (Phi) is 4.06. The predicted molar refractivity (Wildman–Crippen MR) is 86.9 cm³/mol. The summed E-state index contributed by atoms with van der Waals surface area (Å²) in [5, 5.41) is 3.79. The number of rotatable bonds is 4. The maximum atomic E-state index is 12.2. The molecular formula is C17H16N2O2S. The minimum atomic E-state index is -0.122. The van der Waals surface area contributed by atoms with Crippen LogP contribution in [0.3, 0.4) is 0 Å². The molecule has 3 aromatic rings. The van der Waals surface area contributed by atoms with Crippen molar-refractivity contribution >= 4 is 17.2 Å². The van der Waals surface area contributed by atoms with Crippen LogP contribution in [-0.4, -0.2) is 10.9 Å². The van der Waals surface area contributed by atoms with Gasteiger partial charge in [0.1, 0.15) is 10.8 Å². The number of hydrogen-bond acceptors (Lipinski definition) is 4. The molecule has 0 bridgehead atoms. The molecule has 0 unspecified atom stereocenters. The molecule has 5 heteroatoms. The van der Waals surface area contributed by atoms with Crippen LogP contribution in [-0.2, 0) is 6.54 Å². The number of carbonyl (C=O) groups is 1. The lowest BCUT2D eigenvalue weighted by atomic mass is 10.1. The summed E-state index contributed by atoms with van der Waals surface area (Å²) >= 11 is 1.64. The van der Waals surface area contributed by atoms with Gasteiger partial charge in [-0.3, -0.25) is 4.79 Å². The van der Waals surface area contributed by atoms with Gasteiger partial charge in [-0.25, -0.2) is 4.98 Å². The first-order valence-corrected chi connectivity index (χ1v) is 7.80. The first kappa shape index (κ1) is 14.5. The Morgan fingerprint density at radius 2 is 2.14 bits per heavy atom.